The van der Waals surface area contributed by atoms with Gasteiger partial charge in [-0.25, -0.2) is 9.59 Å². The SMILES string of the molecule is CC(=O)OCC1=C(C(=O)OC(c2ccccc2)c2ccccc2C(=O)O)N2C(=O)C(NC(=O)Cc3ccccc3C3SCCS3)[C@@H]2SC1. The van der Waals surface area contributed by atoms with E-state index in [9.17, 15) is 29.1 Å². The van der Waals surface area contributed by atoms with Crippen molar-refractivity contribution in [1.29, 1.82) is 0 Å². The number of nitrogens with zero attached hydrogens (tertiary/aromatic N) is 1. The monoisotopic (exact) mass is 704 g/mol. The number of fused-ring (bicyclic) bond motifs is 1. The summed E-state index contributed by atoms with van der Waals surface area (Å²) in [6.07, 6.45) is -1.01. The van der Waals surface area contributed by atoms with Crippen LogP contribution in [0, 0.1) is 0 Å². The van der Waals surface area contributed by atoms with Gasteiger partial charge in [-0.1, -0.05) is 72.8 Å². The number of thioether (sulfide) groups is 3. The molecule has 3 atom stereocenters. The summed E-state index contributed by atoms with van der Waals surface area (Å²) >= 11 is 5.05. The number of benzene rings is 3. The summed E-state index contributed by atoms with van der Waals surface area (Å²) in [5.41, 5.74) is 3.04. The first-order chi connectivity index (χ1) is 23.2. The van der Waals surface area contributed by atoms with Crippen LogP contribution in [0.15, 0.2) is 90.1 Å². The minimum atomic E-state index is -1.19. The normalized spacial score (nSPS) is 19.6. The number of aromatic carboxylic acids is 1. The Labute approximate surface area is 290 Å². The van der Waals surface area contributed by atoms with Crippen LogP contribution in [-0.4, -0.2) is 75.0 Å². The fourth-order valence-corrected chi connectivity index (χ4v) is 10.2. The first-order valence-electron chi connectivity index (χ1n) is 15.2. The summed E-state index contributed by atoms with van der Waals surface area (Å²) in [4.78, 5) is 66.2. The van der Waals surface area contributed by atoms with Gasteiger partial charge >= 0.3 is 17.9 Å². The van der Waals surface area contributed by atoms with Crippen molar-refractivity contribution in [1.82, 2.24) is 10.2 Å². The quantitative estimate of drug-likeness (QED) is 0.207. The fourth-order valence-electron chi connectivity index (χ4n) is 5.85. The molecule has 2 fully saturated rings. The Balaban J connectivity index is 1.25. The molecule has 0 spiro atoms. The van der Waals surface area contributed by atoms with Crippen molar-refractivity contribution in [2.75, 3.05) is 23.9 Å². The molecule has 3 aromatic carbocycles. The van der Waals surface area contributed by atoms with E-state index in [0.29, 0.717) is 11.1 Å². The van der Waals surface area contributed by atoms with Crippen molar-refractivity contribution in [2.24, 2.45) is 0 Å². The Morgan fingerprint density at radius 3 is 2.35 bits per heavy atom. The highest BCUT2D eigenvalue weighted by Crippen LogP contribution is 2.46. The van der Waals surface area contributed by atoms with Crippen molar-refractivity contribution in [2.45, 2.75) is 35.4 Å². The third kappa shape index (κ3) is 7.13. The van der Waals surface area contributed by atoms with Gasteiger partial charge in [0.15, 0.2) is 6.10 Å². The van der Waals surface area contributed by atoms with Gasteiger partial charge in [0.25, 0.3) is 5.91 Å². The topological polar surface area (TPSA) is 139 Å². The Morgan fingerprint density at radius 1 is 0.938 bits per heavy atom. The molecule has 248 valence electrons. The summed E-state index contributed by atoms with van der Waals surface area (Å²) in [7, 11) is 0. The maximum Gasteiger partial charge on any atom is 0.356 e. The van der Waals surface area contributed by atoms with Gasteiger partial charge in [-0.2, -0.15) is 0 Å². The molecule has 2 N–H and O–H groups in total. The Hall–Kier alpha value is -4.20. The van der Waals surface area contributed by atoms with Crippen molar-refractivity contribution >= 4 is 65.0 Å². The van der Waals surface area contributed by atoms with Crippen LogP contribution in [0.2, 0.25) is 0 Å². The van der Waals surface area contributed by atoms with Crippen LogP contribution in [0.3, 0.4) is 0 Å². The molecule has 0 saturated carbocycles. The number of hydrogen-bond donors (Lipinski definition) is 2. The van der Waals surface area contributed by atoms with E-state index in [-0.39, 0.29) is 46.1 Å². The molecule has 2 saturated heterocycles. The molecule has 13 heteroatoms. The van der Waals surface area contributed by atoms with Gasteiger partial charge in [-0.15, -0.1) is 35.3 Å². The van der Waals surface area contributed by atoms with E-state index >= 15 is 0 Å². The first kappa shape index (κ1) is 33.7. The summed E-state index contributed by atoms with van der Waals surface area (Å²) in [5.74, 6) is -1.09. The number of carbonyl (C=O) groups is 5. The standard InChI is InChI=1S/C35H32N2O8S3/c1-20(38)44-18-23-19-48-32-28(36-27(39)17-22-11-5-6-12-24(22)35-46-15-16-47-35)31(40)37(32)29(23)34(43)45-30(21-9-3-2-4-10-21)25-13-7-8-14-26(25)33(41)42/h2-14,28,30,32,35H,15-19H2,1H3,(H,36,39)(H,41,42)/t28?,30?,32-/m0/s1. The molecule has 6 rings (SSSR count). The van der Waals surface area contributed by atoms with Gasteiger partial charge < -0.3 is 19.9 Å². The molecule has 0 aromatic heterocycles. The predicted molar refractivity (Wildman–Crippen MR) is 184 cm³/mol. The van der Waals surface area contributed by atoms with E-state index in [4.69, 9.17) is 9.47 Å². The van der Waals surface area contributed by atoms with Crippen LogP contribution in [0.25, 0.3) is 0 Å². The van der Waals surface area contributed by atoms with Gasteiger partial charge in [-0.05, 0) is 22.8 Å². The van der Waals surface area contributed by atoms with Crippen LogP contribution in [0.1, 0.15) is 50.2 Å². The van der Waals surface area contributed by atoms with Crippen LogP contribution in [0.4, 0.5) is 0 Å². The first-order valence-corrected chi connectivity index (χ1v) is 18.4. The third-order valence-corrected chi connectivity index (χ3v) is 12.5. The summed E-state index contributed by atoms with van der Waals surface area (Å²) < 4.78 is 11.6. The molecule has 3 aromatic rings. The zero-order valence-electron chi connectivity index (χ0n) is 25.8. The van der Waals surface area contributed by atoms with E-state index in [1.807, 2.05) is 47.8 Å². The van der Waals surface area contributed by atoms with E-state index in [1.165, 1.54) is 29.7 Å². The second-order valence-electron chi connectivity index (χ2n) is 11.2. The Morgan fingerprint density at radius 2 is 1.62 bits per heavy atom. The summed E-state index contributed by atoms with van der Waals surface area (Å²) in [5, 5.41) is 12.2. The lowest BCUT2D eigenvalue weighted by Gasteiger charge is -2.49. The van der Waals surface area contributed by atoms with Crippen molar-refractivity contribution in [3.63, 3.8) is 0 Å². The van der Waals surface area contributed by atoms with Crippen molar-refractivity contribution in [3.05, 3.63) is 118 Å². The molecule has 48 heavy (non-hydrogen) atoms. The molecular formula is C35H32N2O8S3. The number of β-lactam (4-membered cyclic amide) rings is 1. The average Bonchev–Trinajstić information content (AvgIpc) is 3.64. The Kier molecular flexibility index (Phi) is 10.5. The van der Waals surface area contributed by atoms with Gasteiger partial charge in [0.05, 0.1) is 16.6 Å². The average molecular weight is 705 g/mol. The molecular weight excluding hydrogens is 673 g/mol. The zero-order valence-corrected chi connectivity index (χ0v) is 28.3. The number of carbonyl (C=O) groups excluding carboxylic acids is 4. The minimum Gasteiger partial charge on any atom is -0.478 e. The van der Waals surface area contributed by atoms with Gasteiger partial charge in [0.1, 0.15) is 23.7 Å². The van der Waals surface area contributed by atoms with Gasteiger partial charge in [0, 0.05) is 35.3 Å². The molecule has 0 aliphatic carbocycles. The molecule has 2 unspecified atom stereocenters. The summed E-state index contributed by atoms with van der Waals surface area (Å²) in [6, 6.07) is 21.9. The highest BCUT2D eigenvalue weighted by Gasteiger charge is 2.54. The smallest absolute Gasteiger partial charge is 0.356 e. The lowest BCUT2D eigenvalue weighted by Crippen LogP contribution is -2.70. The predicted octanol–water partition coefficient (Wildman–Crippen LogP) is 4.96. The lowest BCUT2D eigenvalue weighted by atomic mass is 9.96. The molecule has 0 bridgehead atoms. The van der Waals surface area contributed by atoms with Crippen LogP contribution in [0.5, 0.6) is 0 Å². The zero-order chi connectivity index (χ0) is 33.8. The highest BCUT2D eigenvalue weighted by atomic mass is 32.2. The maximum atomic E-state index is 14.1. The largest absolute Gasteiger partial charge is 0.478 e. The Bertz CT molecular complexity index is 1780. The summed E-state index contributed by atoms with van der Waals surface area (Å²) in [6.45, 7) is 1.00. The second kappa shape index (κ2) is 14.9. The van der Waals surface area contributed by atoms with Crippen molar-refractivity contribution < 1.29 is 38.6 Å². The molecule has 2 amide bonds. The highest BCUT2D eigenvalue weighted by molar-refractivity contribution is 8.19. The third-order valence-electron chi connectivity index (χ3n) is 8.09. The molecule has 0 radical (unpaired) electrons. The molecule has 3 aliphatic heterocycles. The number of ether oxygens (including phenoxy) is 2. The number of carboxylic acid groups (broad SMARTS) is 1. The van der Waals surface area contributed by atoms with Crippen molar-refractivity contribution in [3.8, 4) is 0 Å². The fraction of sp³-hybridized carbons (Fsp3) is 0.286. The van der Waals surface area contributed by atoms with E-state index in [2.05, 4.69) is 5.32 Å². The number of carboxylic acids is 1. The van der Waals surface area contributed by atoms with E-state index in [0.717, 1.165) is 22.6 Å². The minimum absolute atomic E-state index is 0.0418. The molecule has 3 heterocycles. The van der Waals surface area contributed by atoms with E-state index in [1.54, 1.807) is 48.5 Å². The number of rotatable bonds is 11. The van der Waals surface area contributed by atoms with E-state index < -0.39 is 41.3 Å². The lowest BCUT2D eigenvalue weighted by molar-refractivity contribution is -0.155. The number of amides is 2. The number of hydrogen-bond acceptors (Lipinski definition) is 10. The van der Waals surface area contributed by atoms with Crippen LogP contribution >= 0.6 is 35.3 Å². The van der Waals surface area contributed by atoms with Crippen LogP contribution < -0.4 is 5.32 Å². The van der Waals surface area contributed by atoms with Crippen LogP contribution in [-0.2, 0) is 35.1 Å². The van der Waals surface area contributed by atoms with Gasteiger partial charge in [-0.3, -0.25) is 19.3 Å². The number of nitrogens with one attached hydrogen (secondary N) is 1. The second-order valence-corrected chi connectivity index (χ2v) is 15.1. The molecule has 3 aliphatic rings. The maximum absolute atomic E-state index is 14.1. The number of esters is 2. The molecule has 10 nitrogen and oxygen atoms in total. The van der Waals surface area contributed by atoms with Gasteiger partial charge in [0.2, 0.25) is 5.91 Å².